The number of carboxylic acid groups (broad SMARTS) is 1. The lowest BCUT2D eigenvalue weighted by molar-refractivity contribution is 0.192. The Morgan fingerprint density at radius 1 is 1.10 bits per heavy atom. The third-order valence-corrected chi connectivity index (χ3v) is 3.58. The second-order valence-corrected chi connectivity index (χ2v) is 5.13. The Morgan fingerprint density at radius 2 is 1.76 bits per heavy atom. The van der Waals surface area contributed by atoms with Gasteiger partial charge in [-0.1, -0.05) is 36.4 Å². The number of rotatable bonds is 5. The van der Waals surface area contributed by atoms with Gasteiger partial charge in [0.2, 0.25) is 0 Å². The summed E-state index contributed by atoms with van der Waals surface area (Å²) in [7, 11) is 0. The molecule has 2 aromatic carbocycles. The highest BCUT2D eigenvalue weighted by molar-refractivity contribution is 5.87. The van der Waals surface area contributed by atoms with Gasteiger partial charge in [-0.15, -0.1) is 0 Å². The lowest BCUT2D eigenvalue weighted by atomic mass is 10.1. The van der Waals surface area contributed by atoms with Gasteiger partial charge in [-0.25, -0.2) is 9.69 Å². The van der Waals surface area contributed by atoms with Crippen molar-refractivity contribution in [2.75, 3.05) is 11.6 Å². The zero-order chi connectivity index (χ0) is 14.7. The maximum Gasteiger partial charge on any atom is 0.414 e. The number of hydrogen-bond acceptors (Lipinski definition) is 2. The number of para-hydroxylation sites is 2. The van der Waals surface area contributed by atoms with Gasteiger partial charge < -0.3 is 9.84 Å². The smallest absolute Gasteiger partial charge is 0.414 e. The van der Waals surface area contributed by atoms with Crippen LogP contribution in [0.15, 0.2) is 54.6 Å². The third kappa shape index (κ3) is 3.16. The molecule has 0 saturated heterocycles. The first kappa shape index (κ1) is 13.5. The van der Waals surface area contributed by atoms with E-state index in [1.54, 1.807) is 0 Å². The molecular weight excluding hydrogens is 266 g/mol. The first-order valence-corrected chi connectivity index (χ1v) is 7.03. The highest BCUT2D eigenvalue weighted by Gasteiger charge is 2.29. The van der Waals surface area contributed by atoms with E-state index in [4.69, 9.17) is 4.74 Å². The van der Waals surface area contributed by atoms with Crippen molar-refractivity contribution in [3.05, 3.63) is 60.2 Å². The van der Waals surface area contributed by atoms with E-state index >= 15 is 0 Å². The second kappa shape index (κ2) is 5.87. The molecule has 0 aromatic heterocycles. The van der Waals surface area contributed by atoms with Crippen LogP contribution in [0.3, 0.4) is 0 Å². The van der Waals surface area contributed by atoms with E-state index in [9.17, 15) is 9.90 Å². The fourth-order valence-corrected chi connectivity index (χ4v) is 2.36. The minimum absolute atomic E-state index is 0.0108. The molecule has 1 N–H and O–H groups in total. The molecule has 21 heavy (non-hydrogen) atoms. The van der Waals surface area contributed by atoms with Crippen molar-refractivity contribution >= 4 is 11.8 Å². The fraction of sp³-hybridized carbons (Fsp3) is 0.235. The van der Waals surface area contributed by atoms with E-state index in [1.165, 1.54) is 4.90 Å². The van der Waals surface area contributed by atoms with Crippen molar-refractivity contribution in [1.82, 2.24) is 0 Å². The molecule has 1 aliphatic rings. The number of anilines is 1. The van der Waals surface area contributed by atoms with Crippen LogP contribution in [0.4, 0.5) is 10.5 Å². The molecule has 1 amide bonds. The molecule has 1 saturated carbocycles. The Morgan fingerprint density at radius 3 is 2.43 bits per heavy atom. The summed E-state index contributed by atoms with van der Waals surface area (Å²) in [5, 5.41) is 9.48. The zero-order valence-corrected chi connectivity index (χ0v) is 11.6. The monoisotopic (exact) mass is 283 g/mol. The summed E-state index contributed by atoms with van der Waals surface area (Å²) >= 11 is 0. The minimum atomic E-state index is -1.00. The Labute approximate surface area is 123 Å². The predicted octanol–water partition coefficient (Wildman–Crippen LogP) is 4.08. The van der Waals surface area contributed by atoms with Crippen LogP contribution >= 0.6 is 0 Å². The first-order valence-electron chi connectivity index (χ1n) is 7.03. The number of nitrogens with zero attached hydrogens (tertiary/aromatic N) is 1. The number of amides is 1. The molecule has 1 fully saturated rings. The number of benzene rings is 2. The van der Waals surface area contributed by atoms with Crippen LogP contribution in [0.1, 0.15) is 24.3 Å². The van der Waals surface area contributed by atoms with Crippen LogP contribution < -0.4 is 9.64 Å². The summed E-state index contributed by atoms with van der Waals surface area (Å²) in [6, 6.07) is 16.9. The van der Waals surface area contributed by atoms with E-state index in [1.807, 2.05) is 54.6 Å². The van der Waals surface area contributed by atoms with E-state index < -0.39 is 6.09 Å². The van der Waals surface area contributed by atoms with Crippen LogP contribution in [0.2, 0.25) is 0 Å². The van der Waals surface area contributed by atoms with Crippen molar-refractivity contribution in [2.24, 2.45) is 0 Å². The topological polar surface area (TPSA) is 49.8 Å². The third-order valence-electron chi connectivity index (χ3n) is 3.58. The maximum absolute atomic E-state index is 11.6. The van der Waals surface area contributed by atoms with Crippen molar-refractivity contribution < 1.29 is 14.6 Å². The van der Waals surface area contributed by atoms with Gasteiger partial charge in [0.05, 0.1) is 5.69 Å². The average Bonchev–Trinajstić information content (AvgIpc) is 3.33. The van der Waals surface area contributed by atoms with Crippen LogP contribution in [-0.2, 0) is 0 Å². The van der Waals surface area contributed by atoms with Gasteiger partial charge in [-0.3, -0.25) is 0 Å². The van der Waals surface area contributed by atoms with Crippen LogP contribution in [0.5, 0.6) is 5.75 Å². The first-order chi connectivity index (χ1) is 10.3. The molecule has 4 heteroatoms. The van der Waals surface area contributed by atoms with Gasteiger partial charge in [0.15, 0.2) is 6.73 Å². The molecule has 0 atom stereocenters. The highest BCUT2D eigenvalue weighted by atomic mass is 16.5. The van der Waals surface area contributed by atoms with Crippen molar-refractivity contribution in [1.29, 1.82) is 0 Å². The van der Waals surface area contributed by atoms with E-state index in [2.05, 4.69) is 0 Å². The SMILES string of the molecule is O=C(O)N(COc1ccccc1)c1ccccc1C1CC1. The van der Waals surface area contributed by atoms with Gasteiger partial charge >= 0.3 is 6.09 Å². The molecule has 3 rings (SSSR count). The molecule has 0 unspecified atom stereocenters. The molecule has 0 heterocycles. The zero-order valence-electron chi connectivity index (χ0n) is 11.6. The van der Waals surface area contributed by atoms with Crippen LogP contribution in [0, 0.1) is 0 Å². The Bertz CT molecular complexity index is 623. The quantitative estimate of drug-likeness (QED) is 0.841. The van der Waals surface area contributed by atoms with E-state index in [0.717, 1.165) is 24.1 Å². The number of hydrogen-bond donors (Lipinski definition) is 1. The normalized spacial score (nSPS) is 13.7. The van der Waals surface area contributed by atoms with Crippen LogP contribution in [-0.4, -0.2) is 17.9 Å². The molecule has 2 aromatic rings. The second-order valence-electron chi connectivity index (χ2n) is 5.13. The summed E-state index contributed by atoms with van der Waals surface area (Å²) in [4.78, 5) is 12.8. The molecule has 0 bridgehead atoms. The van der Waals surface area contributed by atoms with Crippen molar-refractivity contribution in [3.63, 3.8) is 0 Å². The lowest BCUT2D eigenvalue weighted by Gasteiger charge is -2.22. The molecule has 0 spiro atoms. The maximum atomic E-state index is 11.6. The predicted molar refractivity (Wildman–Crippen MR) is 80.9 cm³/mol. The lowest BCUT2D eigenvalue weighted by Crippen LogP contribution is -2.33. The van der Waals surface area contributed by atoms with Crippen molar-refractivity contribution in [3.8, 4) is 5.75 Å². The summed E-state index contributed by atoms with van der Waals surface area (Å²) < 4.78 is 5.58. The number of carbonyl (C=O) groups is 1. The Kier molecular flexibility index (Phi) is 3.77. The van der Waals surface area contributed by atoms with E-state index in [0.29, 0.717) is 11.7 Å². The van der Waals surface area contributed by atoms with Gasteiger partial charge in [0.1, 0.15) is 5.75 Å². The summed E-state index contributed by atoms with van der Waals surface area (Å²) in [5.41, 5.74) is 1.82. The molecule has 0 aliphatic heterocycles. The fourth-order valence-electron chi connectivity index (χ4n) is 2.36. The van der Waals surface area contributed by atoms with Gasteiger partial charge in [0, 0.05) is 0 Å². The molecular formula is C17H17NO3. The van der Waals surface area contributed by atoms with E-state index in [-0.39, 0.29) is 6.73 Å². The summed E-state index contributed by atoms with van der Waals surface area (Å²) in [6.45, 7) is -0.0108. The van der Waals surface area contributed by atoms with Crippen LogP contribution in [0.25, 0.3) is 0 Å². The number of ether oxygens (including phenoxy) is 1. The standard InChI is InChI=1S/C17H17NO3/c19-17(20)18(12-21-14-6-2-1-3-7-14)16-9-5-4-8-15(16)13-10-11-13/h1-9,13H,10-12H2,(H,19,20). The summed E-state index contributed by atoms with van der Waals surface area (Å²) in [5.74, 6) is 1.15. The van der Waals surface area contributed by atoms with Crippen molar-refractivity contribution in [2.45, 2.75) is 18.8 Å². The Balaban J connectivity index is 1.80. The molecule has 1 aliphatic carbocycles. The summed E-state index contributed by atoms with van der Waals surface area (Å²) in [6.07, 6.45) is 1.26. The molecule has 0 radical (unpaired) electrons. The van der Waals surface area contributed by atoms with Gasteiger partial charge in [-0.05, 0) is 42.5 Å². The molecule has 108 valence electrons. The molecule has 4 nitrogen and oxygen atoms in total. The minimum Gasteiger partial charge on any atom is -0.473 e. The Hall–Kier alpha value is -2.49. The van der Waals surface area contributed by atoms with Gasteiger partial charge in [-0.2, -0.15) is 0 Å². The average molecular weight is 283 g/mol. The largest absolute Gasteiger partial charge is 0.473 e. The van der Waals surface area contributed by atoms with Gasteiger partial charge in [0.25, 0.3) is 0 Å². The highest BCUT2D eigenvalue weighted by Crippen LogP contribution is 2.44.